The van der Waals surface area contributed by atoms with Crippen molar-refractivity contribution in [3.05, 3.63) is 12.3 Å². The van der Waals surface area contributed by atoms with E-state index >= 15 is 0 Å². The van der Waals surface area contributed by atoms with E-state index in [9.17, 15) is 4.79 Å². The quantitative estimate of drug-likeness (QED) is 0.528. The highest BCUT2D eigenvalue weighted by atomic mass is 16.4. The molecule has 0 aliphatic rings. The predicted octanol–water partition coefficient (Wildman–Crippen LogP) is 1.21. The van der Waals surface area contributed by atoms with Crippen molar-refractivity contribution in [3.63, 3.8) is 0 Å². The van der Waals surface area contributed by atoms with Gasteiger partial charge in [-0.2, -0.15) is 0 Å². The lowest BCUT2D eigenvalue weighted by Gasteiger charge is -1.69. The highest BCUT2D eigenvalue weighted by Crippen LogP contribution is 1.59. The Morgan fingerprint density at radius 1 is 1.56 bits per heavy atom. The van der Waals surface area contributed by atoms with Gasteiger partial charge in [0.05, 0.1) is 0 Å². The molecule has 0 bridgehead atoms. The first-order chi connectivity index (χ1) is 3.77. The van der Waals surface area contributed by atoms with Gasteiger partial charge in [0.2, 0.25) is 0 Å². The zero-order valence-electron chi connectivity index (χ0n) is 5.09. The second kappa shape index (κ2) is 15.7. The molecular formula is C6H15NO2. The predicted molar refractivity (Wildman–Crippen MR) is 39.0 cm³/mol. The molecule has 0 aliphatic carbocycles. The Hall–Kier alpha value is -0.990. The summed E-state index contributed by atoms with van der Waals surface area (Å²) in [5.41, 5.74) is 4.67. The monoisotopic (exact) mass is 133 g/mol. The SMILES string of the molecule is C.CC.NC=CC(=O)O. The Morgan fingerprint density at radius 2 is 1.89 bits per heavy atom. The minimum atomic E-state index is -1.02. The molecule has 0 aromatic heterocycles. The zero-order valence-corrected chi connectivity index (χ0v) is 5.09. The Bertz CT molecular complexity index is 79.1. The maximum Gasteiger partial charge on any atom is 0.329 e. The molecule has 3 N–H and O–H groups in total. The molecule has 56 valence electrons. The number of carbonyl (C=O) groups is 1. The van der Waals surface area contributed by atoms with Crippen LogP contribution in [0.2, 0.25) is 0 Å². The van der Waals surface area contributed by atoms with Crippen molar-refractivity contribution in [3.8, 4) is 0 Å². The highest BCUT2D eigenvalue weighted by molar-refractivity contribution is 5.79. The second-order valence-corrected chi connectivity index (χ2v) is 0.697. The zero-order chi connectivity index (χ0) is 6.99. The number of carboxylic acid groups (broad SMARTS) is 1. The van der Waals surface area contributed by atoms with E-state index in [0.29, 0.717) is 0 Å². The molecule has 0 saturated carbocycles. The van der Waals surface area contributed by atoms with Crippen LogP contribution in [0.5, 0.6) is 0 Å². The van der Waals surface area contributed by atoms with Crippen molar-refractivity contribution in [2.75, 3.05) is 0 Å². The smallest absolute Gasteiger partial charge is 0.329 e. The third kappa shape index (κ3) is 43.6. The van der Waals surface area contributed by atoms with Crippen molar-refractivity contribution in [1.82, 2.24) is 0 Å². The first kappa shape index (κ1) is 15.7. The molecule has 0 saturated heterocycles. The largest absolute Gasteiger partial charge is 0.478 e. The Balaban J connectivity index is -0.000000109. The van der Waals surface area contributed by atoms with E-state index in [2.05, 4.69) is 5.73 Å². The van der Waals surface area contributed by atoms with Crippen LogP contribution in [0, 0.1) is 0 Å². The van der Waals surface area contributed by atoms with Gasteiger partial charge in [-0.15, -0.1) is 0 Å². The molecule has 0 rings (SSSR count). The van der Waals surface area contributed by atoms with Crippen LogP contribution in [0.25, 0.3) is 0 Å². The maximum absolute atomic E-state index is 9.43. The number of hydrogen-bond acceptors (Lipinski definition) is 2. The number of carboxylic acids is 1. The van der Waals surface area contributed by atoms with Gasteiger partial charge < -0.3 is 10.8 Å². The maximum atomic E-state index is 9.43. The van der Waals surface area contributed by atoms with Crippen LogP contribution in [0.15, 0.2) is 12.3 Å². The first-order valence-electron chi connectivity index (χ1n) is 2.38. The number of rotatable bonds is 1. The summed E-state index contributed by atoms with van der Waals surface area (Å²) in [5.74, 6) is -1.02. The van der Waals surface area contributed by atoms with E-state index in [4.69, 9.17) is 5.11 Å². The normalized spacial score (nSPS) is 6.89. The van der Waals surface area contributed by atoms with E-state index in [1.807, 2.05) is 13.8 Å². The van der Waals surface area contributed by atoms with E-state index in [-0.39, 0.29) is 7.43 Å². The van der Waals surface area contributed by atoms with Crippen LogP contribution in [-0.4, -0.2) is 11.1 Å². The van der Waals surface area contributed by atoms with E-state index in [0.717, 1.165) is 12.3 Å². The van der Waals surface area contributed by atoms with Gasteiger partial charge in [-0.3, -0.25) is 0 Å². The molecule has 0 aliphatic heterocycles. The molecule has 3 nitrogen and oxygen atoms in total. The number of nitrogens with two attached hydrogens (primary N) is 1. The van der Waals surface area contributed by atoms with Crippen molar-refractivity contribution in [2.45, 2.75) is 21.3 Å². The van der Waals surface area contributed by atoms with E-state index < -0.39 is 5.97 Å². The van der Waals surface area contributed by atoms with Gasteiger partial charge in [0.25, 0.3) is 0 Å². The Kier molecular flexibility index (Phi) is 27.4. The second-order valence-electron chi connectivity index (χ2n) is 0.697. The lowest BCUT2D eigenvalue weighted by Crippen LogP contribution is -1.88. The van der Waals surface area contributed by atoms with Gasteiger partial charge in [0.15, 0.2) is 0 Å². The van der Waals surface area contributed by atoms with Crippen LogP contribution >= 0.6 is 0 Å². The molecule has 0 heterocycles. The summed E-state index contributed by atoms with van der Waals surface area (Å²) < 4.78 is 0. The molecule has 9 heavy (non-hydrogen) atoms. The molecule has 0 aromatic rings. The number of hydrogen-bond donors (Lipinski definition) is 2. The van der Waals surface area contributed by atoms with Crippen molar-refractivity contribution < 1.29 is 9.90 Å². The summed E-state index contributed by atoms with van der Waals surface area (Å²) in [4.78, 5) is 9.43. The van der Waals surface area contributed by atoms with Crippen molar-refractivity contribution >= 4 is 5.97 Å². The molecule has 0 atom stereocenters. The van der Waals surface area contributed by atoms with Crippen molar-refractivity contribution in [1.29, 1.82) is 0 Å². The fraction of sp³-hybridized carbons (Fsp3) is 0.500. The summed E-state index contributed by atoms with van der Waals surface area (Å²) in [5, 5.41) is 7.75. The molecule has 0 radical (unpaired) electrons. The summed E-state index contributed by atoms with van der Waals surface area (Å²) in [6.07, 6.45) is 1.84. The van der Waals surface area contributed by atoms with Crippen LogP contribution in [0.1, 0.15) is 21.3 Å². The minimum absolute atomic E-state index is 0. The van der Waals surface area contributed by atoms with Gasteiger partial charge in [-0.1, -0.05) is 21.3 Å². The van der Waals surface area contributed by atoms with Crippen molar-refractivity contribution in [2.24, 2.45) is 5.73 Å². The fourth-order valence-corrected chi connectivity index (χ4v) is 0.0823. The molecule has 3 heteroatoms. The average Bonchev–Trinajstić information content (AvgIpc) is 1.72. The average molecular weight is 133 g/mol. The van der Waals surface area contributed by atoms with Crippen LogP contribution in [-0.2, 0) is 4.79 Å². The Morgan fingerprint density at radius 3 is 1.89 bits per heavy atom. The molecule has 0 fully saturated rings. The van der Waals surface area contributed by atoms with Gasteiger partial charge in [-0.25, -0.2) is 4.79 Å². The lowest BCUT2D eigenvalue weighted by atomic mass is 10.6. The first-order valence-corrected chi connectivity index (χ1v) is 2.38. The fourth-order valence-electron chi connectivity index (χ4n) is 0.0823. The van der Waals surface area contributed by atoms with E-state index in [1.165, 1.54) is 0 Å². The molecule has 0 amide bonds. The summed E-state index contributed by atoms with van der Waals surface area (Å²) in [6.45, 7) is 4.00. The number of aliphatic carboxylic acids is 1. The van der Waals surface area contributed by atoms with Crippen LogP contribution < -0.4 is 5.73 Å². The molecule has 0 spiro atoms. The van der Waals surface area contributed by atoms with Gasteiger partial charge >= 0.3 is 5.97 Å². The summed E-state index contributed by atoms with van der Waals surface area (Å²) in [6, 6.07) is 0. The van der Waals surface area contributed by atoms with Gasteiger partial charge in [-0.05, 0) is 0 Å². The third-order valence-electron chi connectivity index (χ3n) is 0.239. The lowest BCUT2D eigenvalue weighted by molar-refractivity contribution is -0.131. The van der Waals surface area contributed by atoms with Gasteiger partial charge in [0.1, 0.15) is 0 Å². The molecule has 0 unspecified atom stereocenters. The van der Waals surface area contributed by atoms with E-state index in [1.54, 1.807) is 0 Å². The molecular weight excluding hydrogens is 118 g/mol. The van der Waals surface area contributed by atoms with Gasteiger partial charge in [0, 0.05) is 12.3 Å². The highest BCUT2D eigenvalue weighted by Gasteiger charge is 1.77. The summed E-state index contributed by atoms with van der Waals surface area (Å²) in [7, 11) is 0. The Labute approximate surface area is 56.2 Å². The third-order valence-corrected chi connectivity index (χ3v) is 0.239. The summed E-state index contributed by atoms with van der Waals surface area (Å²) >= 11 is 0. The van der Waals surface area contributed by atoms with Crippen LogP contribution in [0.3, 0.4) is 0 Å². The minimum Gasteiger partial charge on any atom is -0.478 e. The topological polar surface area (TPSA) is 63.3 Å². The molecule has 0 aromatic carbocycles. The standard InChI is InChI=1S/C3H5NO2.C2H6.CH4/c4-2-1-3(5)6;1-2;/h1-2H,4H2,(H,5,6);1-2H3;1H4. The van der Waals surface area contributed by atoms with Crippen LogP contribution in [0.4, 0.5) is 0 Å².